The Balaban J connectivity index is 1.61. The maximum absolute atomic E-state index is 13.5. The van der Waals surface area contributed by atoms with Crippen molar-refractivity contribution in [3.63, 3.8) is 0 Å². The predicted octanol–water partition coefficient (Wildman–Crippen LogP) is 5.12. The molecule has 8 heteroatoms. The number of urea groups is 1. The molecule has 3 aromatic carbocycles. The van der Waals surface area contributed by atoms with Gasteiger partial charge in [0.05, 0.1) is 12.8 Å². The molecule has 0 radical (unpaired) electrons. The molecule has 2 heterocycles. The van der Waals surface area contributed by atoms with Crippen molar-refractivity contribution in [2.45, 2.75) is 20.4 Å². The zero-order valence-electron chi connectivity index (χ0n) is 20.5. The van der Waals surface area contributed by atoms with Crippen molar-refractivity contribution in [3.05, 3.63) is 101 Å². The number of carbonyl (C=O) groups excluding carboxylic acids is 3. The van der Waals surface area contributed by atoms with Gasteiger partial charge in [-0.1, -0.05) is 23.8 Å². The normalized spacial score (nSPS) is 15.0. The molecule has 1 aromatic heterocycles. The fourth-order valence-electron chi connectivity index (χ4n) is 4.55. The first-order valence-corrected chi connectivity index (χ1v) is 11.7. The monoisotopic (exact) mass is 497 g/mol. The lowest BCUT2D eigenvalue weighted by Crippen LogP contribution is -2.54. The predicted molar refractivity (Wildman–Crippen MR) is 139 cm³/mol. The second-order valence-corrected chi connectivity index (χ2v) is 8.89. The number of benzene rings is 3. The number of fused-ring (bicyclic) bond motifs is 1. The molecule has 0 spiro atoms. The maximum Gasteiger partial charge on any atom is 0.335 e. The van der Waals surface area contributed by atoms with Gasteiger partial charge in [-0.05, 0) is 74.0 Å². The van der Waals surface area contributed by atoms with E-state index in [-0.39, 0.29) is 11.4 Å². The van der Waals surface area contributed by atoms with E-state index in [1.807, 2.05) is 32.0 Å². The second kappa shape index (κ2) is 9.39. The van der Waals surface area contributed by atoms with Crippen LogP contribution in [-0.4, -0.2) is 29.5 Å². The minimum atomic E-state index is -0.816. The van der Waals surface area contributed by atoms with Crippen molar-refractivity contribution in [1.29, 1.82) is 0 Å². The third kappa shape index (κ3) is 4.38. The number of barbiturate groups is 1. The Morgan fingerprint density at radius 3 is 2.32 bits per heavy atom. The maximum atomic E-state index is 13.5. The van der Waals surface area contributed by atoms with Gasteiger partial charge in [0.15, 0.2) is 0 Å². The number of aryl methyl sites for hydroxylation is 1. The van der Waals surface area contributed by atoms with Crippen LogP contribution in [0, 0.1) is 19.7 Å². The van der Waals surface area contributed by atoms with Gasteiger partial charge in [0.25, 0.3) is 11.8 Å². The molecule has 0 aliphatic carbocycles. The molecular weight excluding hydrogens is 473 g/mol. The number of imide groups is 2. The van der Waals surface area contributed by atoms with E-state index in [4.69, 9.17) is 4.74 Å². The molecule has 37 heavy (non-hydrogen) atoms. The summed E-state index contributed by atoms with van der Waals surface area (Å²) in [5, 5.41) is 3.14. The summed E-state index contributed by atoms with van der Waals surface area (Å²) in [6.45, 7) is 4.35. The van der Waals surface area contributed by atoms with Gasteiger partial charge in [-0.2, -0.15) is 0 Å². The number of ether oxygens (including phenoxy) is 1. The summed E-state index contributed by atoms with van der Waals surface area (Å²) < 4.78 is 20.7. The standard InChI is InChI=1S/C29H24FN3O4/c1-17-4-13-26-24(14-17)23(18(2)32(26)16-19-5-7-20(30)8-6-19)15-25-27(34)31-29(36)33(28(25)35)21-9-11-22(37-3)12-10-21/h4-15H,16H2,1-3H3,(H,31,34,36)/b25-15-. The lowest BCUT2D eigenvalue weighted by Gasteiger charge is -2.26. The first kappa shape index (κ1) is 24.0. The first-order valence-electron chi connectivity index (χ1n) is 11.7. The van der Waals surface area contributed by atoms with Crippen LogP contribution >= 0.6 is 0 Å². The van der Waals surface area contributed by atoms with Crippen molar-refractivity contribution in [2.24, 2.45) is 0 Å². The molecule has 1 N–H and O–H groups in total. The van der Waals surface area contributed by atoms with Crippen LogP contribution in [0.5, 0.6) is 5.75 Å². The molecule has 186 valence electrons. The highest BCUT2D eigenvalue weighted by Crippen LogP contribution is 2.31. The number of nitrogens with one attached hydrogen (secondary N) is 1. The van der Waals surface area contributed by atoms with Crippen LogP contribution in [-0.2, 0) is 16.1 Å². The summed E-state index contributed by atoms with van der Waals surface area (Å²) in [7, 11) is 1.52. The van der Waals surface area contributed by atoms with E-state index in [0.29, 0.717) is 23.5 Å². The fourth-order valence-corrected chi connectivity index (χ4v) is 4.55. The van der Waals surface area contributed by atoms with Crippen molar-refractivity contribution in [1.82, 2.24) is 9.88 Å². The van der Waals surface area contributed by atoms with Crippen molar-refractivity contribution in [2.75, 3.05) is 12.0 Å². The average Bonchev–Trinajstić information content (AvgIpc) is 3.13. The van der Waals surface area contributed by atoms with Crippen molar-refractivity contribution >= 4 is 40.5 Å². The van der Waals surface area contributed by atoms with Crippen LogP contribution in [0.2, 0.25) is 0 Å². The molecule has 1 fully saturated rings. The van der Waals surface area contributed by atoms with Crippen molar-refractivity contribution < 1.29 is 23.5 Å². The number of rotatable bonds is 5. The molecule has 0 bridgehead atoms. The van der Waals surface area contributed by atoms with Crippen LogP contribution in [0.15, 0.2) is 72.3 Å². The van der Waals surface area contributed by atoms with Crippen molar-refractivity contribution in [3.8, 4) is 5.75 Å². The smallest absolute Gasteiger partial charge is 0.335 e. The molecule has 0 unspecified atom stereocenters. The third-order valence-electron chi connectivity index (χ3n) is 6.50. The van der Waals surface area contributed by atoms with E-state index in [0.717, 1.165) is 32.6 Å². The Bertz CT molecular complexity index is 1580. The van der Waals surface area contributed by atoms with Gasteiger partial charge in [0.2, 0.25) is 0 Å². The van der Waals surface area contributed by atoms with E-state index < -0.39 is 17.8 Å². The van der Waals surface area contributed by atoms with E-state index in [9.17, 15) is 18.8 Å². The van der Waals surface area contributed by atoms with Gasteiger partial charge in [-0.3, -0.25) is 14.9 Å². The second-order valence-electron chi connectivity index (χ2n) is 8.89. The zero-order chi connectivity index (χ0) is 26.3. The number of carbonyl (C=O) groups is 3. The lowest BCUT2D eigenvalue weighted by molar-refractivity contribution is -0.122. The van der Waals surface area contributed by atoms with Gasteiger partial charge in [-0.15, -0.1) is 0 Å². The molecule has 7 nitrogen and oxygen atoms in total. The number of hydrogen-bond acceptors (Lipinski definition) is 4. The molecule has 0 atom stereocenters. The average molecular weight is 498 g/mol. The number of amides is 4. The summed E-state index contributed by atoms with van der Waals surface area (Å²) in [5.74, 6) is -1.21. The highest BCUT2D eigenvalue weighted by molar-refractivity contribution is 6.39. The number of nitrogens with zero attached hydrogens (tertiary/aromatic N) is 2. The topological polar surface area (TPSA) is 80.6 Å². The number of anilines is 1. The Morgan fingerprint density at radius 2 is 1.65 bits per heavy atom. The number of hydrogen-bond donors (Lipinski definition) is 1. The highest BCUT2D eigenvalue weighted by atomic mass is 19.1. The molecule has 1 saturated heterocycles. The summed E-state index contributed by atoms with van der Waals surface area (Å²) in [6, 6.07) is 17.8. The highest BCUT2D eigenvalue weighted by Gasteiger charge is 2.37. The number of halogens is 1. The molecular formula is C29H24FN3O4. The zero-order valence-corrected chi connectivity index (χ0v) is 20.5. The molecule has 4 amide bonds. The molecule has 4 aromatic rings. The van der Waals surface area contributed by atoms with E-state index in [2.05, 4.69) is 9.88 Å². The first-order chi connectivity index (χ1) is 17.8. The van der Waals surface area contributed by atoms with E-state index >= 15 is 0 Å². The molecule has 0 saturated carbocycles. The largest absolute Gasteiger partial charge is 0.497 e. The lowest BCUT2D eigenvalue weighted by atomic mass is 10.0. The number of aromatic nitrogens is 1. The van der Waals surface area contributed by atoms with Crippen LogP contribution in [0.4, 0.5) is 14.9 Å². The Hall–Kier alpha value is -4.72. The van der Waals surface area contributed by atoms with Crippen LogP contribution in [0.25, 0.3) is 17.0 Å². The minimum absolute atomic E-state index is 0.152. The SMILES string of the molecule is COc1ccc(N2C(=O)NC(=O)/C(=C/c3c(C)n(Cc4ccc(F)cc4)c4ccc(C)cc34)C2=O)cc1. The Labute approximate surface area is 212 Å². The summed E-state index contributed by atoms with van der Waals surface area (Å²) in [4.78, 5) is 39.8. The summed E-state index contributed by atoms with van der Waals surface area (Å²) in [6.07, 6.45) is 1.54. The van der Waals surface area contributed by atoms with Gasteiger partial charge >= 0.3 is 6.03 Å². The summed E-state index contributed by atoms with van der Waals surface area (Å²) in [5.41, 5.74) is 4.51. The Morgan fingerprint density at radius 1 is 0.946 bits per heavy atom. The molecule has 1 aliphatic heterocycles. The van der Waals surface area contributed by atoms with Gasteiger partial charge in [-0.25, -0.2) is 14.1 Å². The van der Waals surface area contributed by atoms with Gasteiger partial charge in [0.1, 0.15) is 17.1 Å². The minimum Gasteiger partial charge on any atom is -0.497 e. The van der Waals surface area contributed by atoms with E-state index in [1.54, 1.807) is 42.5 Å². The quantitative estimate of drug-likeness (QED) is 0.307. The number of methoxy groups -OCH3 is 1. The fraction of sp³-hybridized carbons (Fsp3) is 0.138. The van der Waals surface area contributed by atoms with Crippen LogP contribution in [0.3, 0.4) is 0 Å². The molecule has 5 rings (SSSR count). The van der Waals surface area contributed by atoms with Crippen LogP contribution in [0.1, 0.15) is 22.4 Å². The van der Waals surface area contributed by atoms with Gasteiger partial charge < -0.3 is 9.30 Å². The summed E-state index contributed by atoms with van der Waals surface area (Å²) >= 11 is 0. The Kier molecular flexibility index (Phi) is 6.09. The van der Waals surface area contributed by atoms with Gasteiger partial charge in [0, 0.05) is 28.7 Å². The molecule has 1 aliphatic rings. The van der Waals surface area contributed by atoms with Crippen LogP contribution < -0.4 is 15.0 Å². The third-order valence-corrected chi connectivity index (χ3v) is 6.50. The van der Waals surface area contributed by atoms with E-state index in [1.165, 1.54) is 19.2 Å².